The van der Waals surface area contributed by atoms with Gasteiger partial charge in [-0.25, -0.2) is 0 Å². The van der Waals surface area contributed by atoms with Crippen LogP contribution in [0.2, 0.25) is 0 Å². The summed E-state index contributed by atoms with van der Waals surface area (Å²) in [6, 6.07) is 0.0939. The molecule has 2 fully saturated rings. The van der Waals surface area contributed by atoms with Gasteiger partial charge in [0.1, 0.15) is 6.10 Å². The zero-order chi connectivity index (χ0) is 12.5. The Labute approximate surface area is 103 Å². The molecule has 17 heavy (non-hydrogen) atoms. The quantitative estimate of drug-likeness (QED) is 0.777. The second kappa shape index (κ2) is 4.94. The van der Waals surface area contributed by atoms with Crippen molar-refractivity contribution in [2.24, 2.45) is 11.3 Å². The predicted octanol–water partition coefficient (Wildman–Crippen LogP) is 1.08. The molecule has 0 aromatic carbocycles. The molecule has 2 aliphatic rings. The van der Waals surface area contributed by atoms with E-state index in [0.29, 0.717) is 12.5 Å². The monoisotopic (exact) mass is 241 g/mol. The summed E-state index contributed by atoms with van der Waals surface area (Å²) in [6.07, 6.45) is 3.68. The zero-order valence-corrected chi connectivity index (χ0v) is 10.7. The number of aliphatic hydroxyl groups excluding tert-OH is 1. The van der Waals surface area contributed by atoms with Gasteiger partial charge in [0, 0.05) is 18.1 Å². The van der Waals surface area contributed by atoms with Crippen LogP contribution in [-0.2, 0) is 9.53 Å². The van der Waals surface area contributed by atoms with Crippen LogP contribution in [0.1, 0.15) is 39.5 Å². The Bertz CT molecular complexity index is 294. The fourth-order valence-corrected chi connectivity index (χ4v) is 2.95. The van der Waals surface area contributed by atoms with Crippen LogP contribution in [0.15, 0.2) is 0 Å². The van der Waals surface area contributed by atoms with Crippen LogP contribution in [0.3, 0.4) is 0 Å². The molecule has 0 aromatic heterocycles. The predicted molar refractivity (Wildman–Crippen MR) is 64.5 cm³/mol. The molecule has 1 saturated heterocycles. The third kappa shape index (κ3) is 2.47. The average molecular weight is 241 g/mol. The molecule has 0 aromatic rings. The Morgan fingerprint density at radius 2 is 2.29 bits per heavy atom. The molecule has 1 amide bonds. The lowest BCUT2D eigenvalue weighted by Crippen LogP contribution is -2.49. The Morgan fingerprint density at radius 3 is 2.88 bits per heavy atom. The maximum atomic E-state index is 12.1. The van der Waals surface area contributed by atoms with Crippen LogP contribution in [0, 0.1) is 11.3 Å². The standard InChI is InChI=1S/C13H23NO3/c1-9-5-7-17-11(9)12(16)14-10-4-3-6-13(10,2)8-15/h9-11,15H,3-8H2,1-2H3,(H,14,16). The van der Waals surface area contributed by atoms with E-state index in [0.717, 1.165) is 25.7 Å². The highest BCUT2D eigenvalue weighted by atomic mass is 16.5. The molecular weight excluding hydrogens is 218 g/mol. The average Bonchev–Trinajstić information content (AvgIpc) is 2.87. The number of ether oxygens (including phenoxy) is 1. The minimum atomic E-state index is -0.293. The van der Waals surface area contributed by atoms with Crippen molar-refractivity contribution in [3.63, 3.8) is 0 Å². The molecule has 4 heteroatoms. The van der Waals surface area contributed by atoms with Crippen molar-refractivity contribution in [3.8, 4) is 0 Å². The maximum Gasteiger partial charge on any atom is 0.249 e. The Balaban J connectivity index is 1.94. The highest BCUT2D eigenvalue weighted by Crippen LogP contribution is 2.37. The van der Waals surface area contributed by atoms with Gasteiger partial charge in [-0.3, -0.25) is 4.79 Å². The minimum Gasteiger partial charge on any atom is -0.396 e. The zero-order valence-electron chi connectivity index (χ0n) is 10.7. The largest absolute Gasteiger partial charge is 0.396 e. The number of aliphatic hydroxyl groups is 1. The van der Waals surface area contributed by atoms with Crippen molar-refractivity contribution in [1.29, 1.82) is 0 Å². The van der Waals surface area contributed by atoms with Crippen molar-refractivity contribution in [2.45, 2.75) is 51.7 Å². The molecule has 2 N–H and O–H groups in total. The fraction of sp³-hybridized carbons (Fsp3) is 0.923. The molecule has 2 rings (SSSR count). The summed E-state index contributed by atoms with van der Waals surface area (Å²) in [4.78, 5) is 12.1. The van der Waals surface area contributed by atoms with Gasteiger partial charge in [-0.1, -0.05) is 20.3 Å². The van der Waals surface area contributed by atoms with Gasteiger partial charge < -0.3 is 15.2 Å². The topological polar surface area (TPSA) is 58.6 Å². The first kappa shape index (κ1) is 12.8. The van der Waals surface area contributed by atoms with Crippen molar-refractivity contribution >= 4 is 5.91 Å². The molecule has 0 radical (unpaired) electrons. The van der Waals surface area contributed by atoms with Gasteiger partial charge in [-0.15, -0.1) is 0 Å². The van der Waals surface area contributed by atoms with Gasteiger partial charge >= 0.3 is 0 Å². The summed E-state index contributed by atoms with van der Waals surface area (Å²) in [5.41, 5.74) is -0.155. The number of rotatable bonds is 3. The smallest absolute Gasteiger partial charge is 0.249 e. The van der Waals surface area contributed by atoms with E-state index in [1.54, 1.807) is 0 Å². The van der Waals surface area contributed by atoms with Crippen molar-refractivity contribution in [3.05, 3.63) is 0 Å². The third-order valence-corrected chi connectivity index (χ3v) is 4.41. The molecule has 4 nitrogen and oxygen atoms in total. The number of carbonyl (C=O) groups is 1. The van der Waals surface area contributed by atoms with Gasteiger partial charge in [-0.2, -0.15) is 0 Å². The summed E-state index contributed by atoms with van der Waals surface area (Å²) in [6.45, 7) is 4.92. The van der Waals surface area contributed by atoms with Crippen molar-refractivity contribution < 1.29 is 14.6 Å². The van der Waals surface area contributed by atoms with Crippen LogP contribution in [-0.4, -0.2) is 36.4 Å². The second-order valence-corrected chi connectivity index (χ2v) is 5.82. The second-order valence-electron chi connectivity index (χ2n) is 5.82. The van der Waals surface area contributed by atoms with Crippen molar-refractivity contribution in [2.75, 3.05) is 13.2 Å². The third-order valence-electron chi connectivity index (χ3n) is 4.41. The molecule has 1 heterocycles. The SMILES string of the molecule is CC1CCOC1C(=O)NC1CCCC1(C)CO. The van der Waals surface area contributed by atoms with Crippen LogP contribution < -0.4 is 5.32 Å². The molecule has 0 spiro atoms. The lowest BCUT2D eigenvalue weighted by molar-refractivity contribution is -0.133. The molecular formula is C13H23NO3. The van der Waals surface area contributed by atoms with Gasteiger partial charge in [0.05, 0.1) is 6.61 Å². The van der Waals surface area contributed by atoms with E-state index in [1.807, 2.05) is 6.92 Å². The normalized spacial score (nSPS) is 41.7. The van der Waals surface area contributed by atoms with E-state index >= 15 is 0 Å². The van der Waals surface area contributed by atoms with Crippen LogP contribution in [0.4, 0.5) is 0 Å². The number of carbonyl (C=O) groups excluding carboxylic acids is 1. The molecule has 4 atom stereocenters. The summed E-state index contributed by atoms with van der Waals surface area (Å²) < 4.78 is 5.46. The summed E-state index contributed by atoms with van der Waals surface area (Å²) >= 11 is 0. The lowest BCUT2D eigenvalue weighted by atomic mass is 9.85. The molecule has 4 unspecified atom stereocenters. The summed E-state index contributed by atoms with van der Waals surface area (Å²) in [7, 11) is 0. The van der Waals surface area contributed by atoms with Gasteiger partial charge in [0.25, 0.3) is 0 Å². The number of hydrogen-bond donors (Lipinski definition) is 2. The van der Waals surface area contributed by atoms with E-state index in [-0.39, 0.29) is 30.1 Å². The molecule has 1 saturated carbocycles. The van der Waals surface area contributed by atoms with E-state index in [2.05, 4.69) is 12.2 Å². The lowest BCUT2D eigenvalue weighted by Gasteiger charge is -2.31. The van der Waals surface area contributed by atoms with Crippen LogP contribution in [0.5, 0.6) is 0 Å². The maximum absolute atomic E-state index is 12.1. The first-order valence-electron chi connectivity index (χ1n) is 6.60. The highest BCUT2D eigenvalue weighted by molar-refractivity contribution is 5.81. The first-order chi connectivity index (χ1) is 8.07. The molecule has 98 valence electrons. The van der Waals surface area contributed by atoms with Gasteiger partial charge in [-0.05, 0) is 25.2 Å². The summed E-state index contributed by atoms with van der Waals surface area (Å²) in [5.74, 6) is 0.304. The number of hydrogen-bond acceptors (Lipinski definition) is 3. The number of amides is 1. The Morgan fingerprint density at radius 1 is 1.53 bits per heavy atom. The van der Waals surface area contributed by atoms with E-state index < -0.39 is 0 Å². The summed E-state index contributed by atoms with van der Waals surface area (Å²) in [5, 5.41) is 12.5. The molecule has 1 aliphatic heterocycles. The van der Waals surface area contributed by atoms with Gasteiger partial charge in [0.15, 0.2) is 0 Å². The Kier molecular flexibility index (Phi) is 3.73. The van der Waals surface area contributed by atoms with Gasteiger partial charge in [0.2, 0.25) is 5.91 Å². The first-order valence-corrected chi connectivity index (χ1v) is 6.60. The highest BCUT2D eigenvalue weighted by Gasteiger charge is 2.41. The van der Waals surface area contributed by atoms with Crippen LogP contribution in [0.25, 0.3) is 0 Å². The Hall–Kier alpha value is -0.610. The number of nitrogens with one attached hydrogen (secondary N) is 1. The minimum absolute atomic E-state index is 0.00146. The van der Waals surface area contributed by atoms with E-state index in [9.17, 15) is 9.90 Å². The van der Waals surface area contributed by atoms with E-state index in [4.69, 9.17) is 4.74 Å². The van der Waals surface area contributed by atoms with Crippen LogP contribution >= 0.6 is 0 Å². The van der Waals surface area contributed by atoms with Crippen molar-refractivity contribution in [1.82, 2.24) is 5.32 Å². The fourth-order valence-electron chi connectivity index (χ4n) is 2.95. The van der Waals surface area contributed by atoms with E-state index in [1.165, 1.54) is 0 Å². The molecule has 1 aliphatic carbocycles. The molecule has 0 bridgehead atoms.